The Balaban J connectivity index is 1.79. The highest BCUT2D eigenvalue weighted by Crippen LogP contribution is 2.19. The van der Waals surface area contributed by atoms with Crippen LogP contribution in [0.3, 0.4) is 0 Å². The van der Waals surface area contributed by atoms with Crippen LogP contribution in [0.2, 0.25) is 5.02 Å². The first kappa shape index (κ1) is 12.7. The molecule has 1 aromatic carbocycles. The third kappa shape index (κ3) is 3.87. The monoisotopic (exact) mass is 253 g/mol. The van der Waals surface area contributed by atoms with E-state index in [0.29, 0.717) is 0 Å². The maximum Gasteiger partial charge on any atom is 0.0426 e. The van der Waals surface area contributed by atoms with Gasteiger partial charge in [0.1, 0.15) is 0 Å². The molecule has 2 N–H and O–H groups in total. The minimum atomic E-state index is 0.792. The number of halogens is 1. The summed E-state index contributed by atoms with van der Waals surface area (Å²) in [5, 5.41) is 7.61. The van der Waals surface area contributed by atoms with Crippen LogP contribution in [0.1, 0.15) is 5.56 Å². The summed E-state index contributed by atoms with van der Waals surface area (Å²) in [5.41, 5.74) is 2.39. The van der Waals surface area contributed by atoms with Gasteiger partial charge in [-0.15, -0.1) is 0 Å². The Hall–Kier alpha value is -0.770. The first-order chi connectivity index (χ1) is 8.25. The number of nitrogens with zero attached hydrogens (tertiary/aromatic N) is 1. The quantitative estimate of drug-likeness (QED) is 0.859. The summed E-state index contributed by atoms with van der Waals surface area (Å²) in [4.78, 5) is 2.48. The molecule has 1 saturated heterocycles. The van der Waals surface area contributed by atoms with E-state index in [1.807, 2.05) is 12.1 Å². The van der Waals surface area contributed by atoms with Gasteiger partial charge in [-0.2, -0.15) is 0 Å². The Kier molecular flexibility index (Phi) is 4.66. The molecule has 1 fully saturated rings. The number of rotatable bonds is 4. The molecule has 0 radical (unpaired) electrons. The molecular formula is C13H20ClN3. The number of piperazine rings is 1. The lowest BCUT2D eigenvalue weighted by Gasteiger charge is -2.27. The molecule has 0 spiro atoms. The van der Waals surface area contributed by atoms with Crippen molar-refractivity contribution in [2.45, 2.75) is 6.92 Å². The Labute approximate surface area is 108 Å². The molecule has 1 heterocycles. The van der Waals surface area contributed by atoms with Crippen LogP contribution >= 0.6 is 11.6 Å². The van der Waals surface area contributed by atoms with Crippen molar-refractivity contribution in [3.63, 3.8) is 0 Å². The first-order valence-corrected chi connectivity index (χ1v) is 6.56. The SMILES string of the molecule is Cc1ccc(Cl)cc1NCCN1CCNCC1. The molecule has 2 rings (SSSR count). The third-order valence-electron chi connectivity index (χ3n) is 3.15. The summed E-state index contributed by atoms with van der Waals surface area (Å²) in [6, 6.07) is 5.97. The summed E-state index contributed by atoms with van der Waals surface area (Å²) < 4.78 is 0. The maximum atomic E-state index is 5.99. The summed E-state index contributed by atoms with van der Waals surface area (Å²) in [6.45, 7) is 8.68. The van der Waals surface area contributed by atoms with Crippen molar-refractivity contribution in [3.8, 4) is 0 Å². The van der Waals surface area contributed by atoms with Crippen LogP contribution < -0.4 is 10.6 Å². The topological polar surface area (TPSA) is 27.3 Å². The largest absolute Gasteiger partial charge is 0.384 e. The molecule has 0 aliphatic carbocycles. The van der Waals surface area contributed by atoms with E-state index < -0.39 is 0 Å². The second-order valence-electron chi connectivity index (χ2n) is 4.48. The third-order valence-corrected chi connectivity index (χ3v) is 3.39. The standard InChI is InChI=1S/C13H20ClN3/c1-11-2-3-12(14)10-13(11)16-6-9-17-7-4-15-5-8-17/h2-3,10,15-16H,4-9H2,1H3. The molecule has 0 aromatic heterocycles. The van der Waals surface area contributed by atoms with E-state index in [4.69, 9.17) is 11.6 Å². The van der Waals surface area contributed by atoms with Gasteiger partial charge in [-0.25, -0.2) is 0 Å². The number of nitrogens with one attached hydrogen (secondary N) is 2. The normalized spacial score (nSPS) is 17.1. The van der Waals surface area contributed by atoms with Gasteiger partial charge in [-0.3, -0.25) is 4.90 Å². The number of benzene rings is 1. The second-order valence-corrected chi connectivity index (χ2v) is 4.91. The van der Waals surface area contributed by atoms with Crippen molar-refractivity contribution in [3.05, 3.63) is 28.8 Å². The van der Waals surface area contributed by atoms with Crippen LogP contribution in [0.15, 0.2) is 18.2 Å². The van der Waals surface area contributed by atoms with E-state index in [1.165, 1.54) is 5.56 Å². The van der Waals surface area contributed by atoms with Crippen LogP contribution in [0.4, 0.5) is 5.69 Å². The Morgan fingerprint density at radius 2 is 2.12 bits per heavy atom. The van der Waals surface area contributed by atoms with E-state index in [9.17, 15) is 0 Å². The van der Waals surface area contributed by atoms with Gasteiger partial charge in [-0.05, 0) is 24.6 Å². The summed E-state index contributed by atoms with van der Waals surface area (Å²) in [7, 11) is 0. The molecule has 0 atom stereocenters. The number of aryl methyl sites for hydroxylation is 1. The van der Waals surface area contributed by atoms with Gasteiger partial charge in [-0.1, -0.05) is 17.7 Å². The maximum absolute atomic E-state index is 5.99. The van der Waals surface area contributed by atoms with Gasteiger partial charge < -0.3 is 10.6 Å². The van der Waals surface area contributed by atoms with Gasteiger partial charge in [0.2, 0.25) is 0 Å². The first-order valence-electron chi connectivity index (χ1n) is 6.19. The predicted octanol–water partition coefficient (Wildman–Crippen LogP) is 1.97. The zero-order valence-corrected chi connectivity index (χ0v) is 11.1. The van der Waals surface area contributed by atoms with Crippen LogP contribution in [0.25, 0.3) is 0 Å². The molecular weight excluding hydrogens is 234 g/mol. The van der Waals surface area contributed by atoms with Crippen molar-refractivity contribution < 1.29 is 0 Å². The number of hydrogen-bond acceptors (Lipinski definition) is 3. The highest BCUT2D eigenvalue weighted by atomic mass is 35.5. The minimum Gasteiger partial charge on any atom is -0.384 e. The van der Waals surface area contributed by atoms with Gasteiger partial charge >= 0.3 is 0 Å². The summed E-state index contributed by atoms with van der Waals surface area (Å²) in [5.74, 6) is 0. The fourth-order valence-electron chi connectivity index (χ4n) is 2.07. The van der Waals surface area contributed by atoms with E-state index in [1.54, 1.807) is 0 Å². The molecule has 3 nitrogen and oxygen atoms in total. The van der Waals surface area contributed by atoms with Crippen LogP contribution in [-0.4, -0.2) is 44.2 Å². The Morgan fingerprint density at radius 3 is 2.88 bits per heavy atom. The zero-order valence-electron chi connectivity index (χ0n) is 10.3. The molecule has 1 aromatic rings. The minimum absolute atomic E-state index is 0.792. The van der Waals surface area contributed by atoms with E-state index in [0.717, 1.165) is 50.0 Å². The van der Waals surface area contributed by atoms with Crippen LogP contribution in [0.5, 0.6) is 0 Å². The fourth-order valence-corrected chi connectivity index (χ4v) is 2.24. The number of hydrogen-bond donors (Lipinski definition) is 2. The van der Waals surface area contributed by atoms with Crippen LogP contribution in [0, 0.1) is 6.92 Å². The smallest absolute Gasteiger partial charge is 0.0426 e. The molecule has 0 unspecified atom stereocenters. The van der Waals surface area contributed by atoms with E-state index in [2.05, 4.69) is 28.5 Å². The van der Waals surface area contributed by atoms with Crippen molar-refractivity contribution in [2.75, 3.05) is 44.6 Å². The lowest BCUT2D eigenvalue weighted by molar-refractivity contribution is 0.249. The molecule has 4 heteroatoms. The molecule has 1 aliphatic rings. The average molecular weight is 254 g/mol. The summed E-state index contributed by atoms with van der Waals surface area (Å²) in [6.07, 6.45) is 0. The molecule has 94 valence electrons. The van der Waals surface area contributed by atoms with Crippen molar-refractivity contribution in [2.24, 2.45) is 0 Å². The fraction of sp³-hybridized carbons (Fsp3) is 0.538. The van der Waals surface area contributed by atoms with Crippen LogP contribution in [-0.2, 0) is 0 Å². The van der Waals surface area contributed by atoms with Gasteiger partial charge in [0.25, 0.3) is 0 Å². The molecule has 0 bridgehead atoms. The highest BCUT2D eigenvalue weighted by molar-refractivity contribution is 6.30. The Bertz CT molecular complexity index is 362. The van der Waals surface area contributed by atoms with Gasteiger partial charge in [0.15, 0.2) is 0 Å². The van der Waals surface area contributed by atoms with Gasteiger partial charge in [0.05, 0.1) is 0 Å². The summed E-state index contributed by atoms with van der Waals surface area (Å²) >= 11 is 5.99. The molecule has 17 heavy (non-hydrogen) atoms. The highest BCUT2D eigenvalue weighted by Gasteiger charge is 2.08. The molecule has 0 saturated carbocycles. The number of anilines is 1. The zero-order chi connectivity index (χ0) is 12.1. The average Bonchev–Trinajstić information content (AvgIpc) is 2.35. The lowest BCUT2D eigenvalue weighted by Crippen LogP contribution is -2.45. The Morgan fingerprint density at radius 1 is 1.35 bits per heavy atom. The lowest BCUT2D eigenvalue weighted by atomic mass is 10.2. The molecule has 1 aliphatic heterocycles. The van der Waals surface area contributed by atoms with Crippen molar-refractivity contribution >= 4 is 17.3 Å². The predicted molar refractivity (Wildman–Crippen MR) is 74.0 cm³/mol. The second kappa shape index (κ2) is 6.24. The van der Waals surface area contributed by atoms with Crippen molar-refractivity contribution in [1.82, 2.24) is 10.2 Å². The van der Waals surface area contributed by atoms with Gasteiger partial charge in [0, 0.05) is 50.0 Å². The molecule has 0 amide bonds. The van der Waals surface area contributed by atoms with Crippen molar-refractivity contribution in [1.29, 1.82) is 0 Å². The van der Waals surface area contributed by atoms with E-state index >= 15 is 0 Å². The van der Waals surface area contributed by atoms with E-state index in [-0.39, 0.29) is 0 Å².